The maximum Gasteiger partial charge on any atom is 0.0590 e. The molecule has 0 aliphatic carbocycles. The average molecular weight is 157 g/mol. The number of hydrogen-bond acceptors (Lipinski definition) is 1. The highest BCUT2D eigenvalue weighted by Crippen LogP contribution is 2.14. The summed E-state index contributed by atoms with van der Waals surface area (Å²) in [7, 11) is 0. The van der Waals surface area contributed by atoms with Crippen LogP contribution in [0.3, 0.4) is 0 Å². The molecule has 1 aliphatic heterocycles. The number of allylic oxidation sites excluding steroid dienone is 1. The number of aryl methyl sites for hydroxylation is 1. The molecule has 1 radical (unpaired) electrons. The number of hydrogen-bond donors (Lipinski definition) is 0. The molecule has 2 nitrogen and oxygen atoms in total. The standard InChI is InChI=1S/C10H9N2/c1-8-2-4-9(5-3-8)10-6-11-12-7-10/h2-7H,1H3. The normalized spacial score (nSPS) is 14.2. The lowest BCUT2D eigenvalue weighted by atomic mass is 10.1. The van der Waals surface area contributed by atoms with E-state index in [1.54, 1.807) is 12.4 Å². The van der Waals surface area contributed by atoms with Gasteiger partial charge in [0.15, 0.2) is 0 Å². The van der Waals surface area contributed by atoms with Crippen LogP contribution in [0.1, 0.15) is 11.1 Å². The summed E-state index contributed by atoms with van der Waals surface area (Å²) in [5.74, 6) is 0. The van der Waals surface area contributed by atoms with E-state index in [-0.39, 0.29) is 0 Å². The Morgan fingerprint density at radius 1 is 1.08 bits per heavy atom. The molecule has 0 unspecified atom stereocenters. The predicted octanol–water partition coefficient (Wildman–Crippen LogP) is 1.94. The van der Waals surface area contributed by atoms with Gasteiger partial charge in [0, 0.05) is 5.57 Å². The van der Waals surface area contributed by atoms with Crippen molar-refractivity contribution in [3.05, 3.63) is 41.6 Å². The van der Waals surface area contributed by atoms with Crippen molar-refractivity contribution >= 4 is 11.8 Å². The fraction of sp³-hybridized carbons (Fsp3) is 0.100. The second-order valence-electron chi connectivity index (χ2n) is 2.81. The van der Waals surface area contributed by atoms with Crippen molar-refractivity contribution in [2.45, 2.75) is 6.92 Å². The molecule has 0 amide bonds. The molecule has 59 valence electrons. The molecule has 12 heavy (non-hydrogen) atoms. The zero-order chi connectivity index (χ0) is 8.39. The van der Waals surface area contributed by atoms with Gasteiger partial charge in [0.2, 0.25) is 0 Å². The molecular formula is C10H9N2. The first-order chi connectivity index (χ1) is 5.86. The molecule has 0 saturated heterocycles. The van der Waals surface area contributed by atoms with Gasteiger partial charge in [-0.05, 0) is 12.5 Å². The molecule has 0 saturated carbocycles. The number of rotatable bonds is 1. The largest absolute Gasteiger partial charge is 0.158 e. The van der Waals surface area contributed by atoms with Crippen molar-refractivity contribution in [2.24, 2.45) is 5.10 Å². The van der Waals surface area contributed by atoms with Crippen LogP contribution >= 0.6 is 0 Å². The topological polar surface area (TPSA) is 26.5 Å². The summed E-state index contributed by atoms with van der Waals surface area (Å²) in [5, 5.41) is 3.77. The molecule has 0 aromatic heterocycles. The summed E-state index contributed by atoms with van der Waals surface area (Å²) < 4.78 is 0. The highest BCUT2D eigenvalue weighted by Gasteiger charge is 2.01. The Labute approximate surface area is 71.6 Å². The molecule has 0 atom stereocenters. The van der Waals surface area contributed by atoms with Crippen LogP contribution in [0.4, 0.5) is 0 Å². The summed E-state index contributed by atoms with van der Waals surface area (Å²) in [6.45, 7) is 2.07. The van der Waals surface area contributed by atoms with Crippen LogP contribution in [0.5, 0.6) is 0 Å². The van der Waals surface area contributed by atoms with E-state index in [2.05, 4.69) is 41.7 Å². The van der Waals surface area contributed by atoms with Crippen LogP contribution in [-0.2, 0) is 0 Å². The van der Waals surface area contributed by atoms with Crippen LogP contribution < -0.4 is 5.43 Å². The van der Waals surface area contributed by atoms with Crippen LogP contribution in [0.2, 0.25) is 0 Å². The molecule has 0 spiro atoms. The zero-order valence-corrected chi connectivity index (χ0v) is 6.86. The fourth-order valence-corrected chi connectivity index (χ4v) is 1.12. The van der Waals surface area contributed by atoms with E-state index in [4.69, 9.17) is 0 Å². The van der Waals surface area contributed by atoms with E-state index in [0.29, 0.717) is 0 Å². The average Bonchev–Trinajstić information content (AvgIpc) is 2.58. The summed E-state index contributed by atoms with van der Waals surface area (Å²) in [6.07, 6.45) is 3.54. The van der Waals surface area contributed by atoms with Crippen LogP contribution in [-0.4, -0.2) is 6.21 Å². The maximum absolute atomic E-state index is 3.77. The first-order valence-corrected chi connectivity index (χ1v) is 3.87. The van der Waals surface area contributed by atoms with Gasteiger partial charge >= 0.3 is 0 Å². The minimum Gasteiger partial charge on any atom is -0.158 e. The molecule has 0 bridgehead atoms. The Morgan fingerprint density at radius 2 is 1.83 bits per heavy atom. The molecule has 1 aromatic rings. The highest BCUT2D eigenvalue weighted by molar-refractivity contribution is 6.10. The lowest BCUT2D eigenvalue weighted by molar-refractivity contribution is 0.977. The quantitative estimate of drug-likeness (QED) is 0.595. The minimum atomic E-state index is 1.08. The molecule has 2 rings (SSSR count). The second kappa shape index (κ2) is 2.81. The molecule has 1 aromatic carbocycles. The van der Waals surface area contributed by atoms with Crippen molar-refractivity contribution in [1.82, 2.24) is 5.43 Å². The highest BCUT2D eigenvalue weighted by atomic mass is 15.3. The summed E-state index contributed by atoms with van der Waals surface area (Å²) in [5.41, 5.74) is 7.29. The van der Waals surface area contributed by atoms with Gasteiger partial charge < -0.3 is 0 Å². The SMILES string of the molecule is Cc1ccc(C2=C[N]N=C2)cc1. The van der Waals surface area contributed by atoms with Gasteiger partial charge in [0.25, 0.3) is 0 Å². The molecular weight excluding hydrogens is 148 g/mol. The maximum atomic E-state index is 3.77. The lowest BCUT2D eigenvalue weighted by Crippen LogP contribution is -1.82. The van der Waals surface area contributed by atoms with Crippen molar-refractivity contribution in [2.75, 3.05) is 0 Å². The van der Waals surface area contributed by atoms with Gasteiger partial charge in [-0.1, -0.05) is 29.8 Å². The summed E-state index contributed by atoms with van der Waals surface area (Å²) >= 11 is 0. The third-order valence-electron chi connectivity index (χ3n) is 1.85. The predicted molar refractivity (Wildman–Crippen MR) is 49.8 cm³/mol. The number of benzene rings is 1. The van der Waals surface area contributed by atoms with E-state index in [9.17, 15) is 0 Å². The van der Waals surface area contributed by atoms with Crippen molar-refractivity contribution < 1.29 is 0 Å². The van der Waals surface area contributed by atoms with Crippen LogP contribution in [0, 0.1) is 6.92 Å². The Morgan fingerprint density at radius 3 is 2.42 bits per heavy atom. The molecule has 1 aliphatic rings. The number of nitrogens with zero attached hydrogens (tertiary/aromatic N) is 2. The van der Waals surface area contributed by atoms with E-state index < -0.39 is 0 Å². The second-order valence-corrected chi connectivity index (χ2v) is 2.81. The first-order valence-electron chi connectivity index (χ1n) is 3.87. The van der Waals surface area contributed by atoms with E-state index in [1.165, 1.54) is 11.1 Å². The summed E-state index contributed by atoms with van der Waals surface area (Å²) in [6, 6.07) is 8.33. The van der Waals surface area contributed by atoms with Crippen LogP contribution in [0.15, 0.2) is 35.6 Å². The fourth-order valence-electron chi connectivity index (χ4n) is 1.12. The Bertz CT molecular complexity index is 333. The van der Waals surface area contributed by atoms with Gasteiger partial charge in [-0.2, -0.15) is 10.5 Å². The molecule has 0 fully saturated rings. The molecule has 2 heteroatoms. The van der Waals surface area contributed by atoms with Gasteiger partial charge in [-0.25, -0.2) is 0 Å². The van der Waals surface area contributed by atoms with Gasteiger partial charge in [0.05, 0.1) is 12.4 Å². The van der Waals surface area contributed by atoms with E-state index >= 15 is 0 Å². The van der Waals surface area contributed by atoms with Crippen LogP contribution in [0.25, 0.3) is 5.57 Å². The monoisotopic (exact) mass is 157 g/mol. The smallest absolute Gasteiger partial charge is 0.0590 e. The van der Waals surface area contributed by atoms with Crippen molar-refractivity contribution in [3.63, 3.8) is 0 Å². The van der Waals surface area contributed by atoms with Gasteiger partial charge in [0.1, 0.15) is 0 Å². The lowest BCUT2D eigenvalue weighted by Gasteiger charge is -1.97. The third-order valence-corrected chi connectivity index (χ3v) is 1.85. The molecule has 0 N–H and O–H groups in total. The first kappa shape index (κ1) is 7.10. The minimum absolute atomic E-state index is 1.08. The van der Waals surface area contributed by atoms with E-state index in [0.717, 1.165) is 5.57 Å². The third kappa shape index (κ3) is 1.23. The van der Waals surface area contributed by atoms with Crippen molar-refractivity contribution in [3.8, 4) is 0 Å². The molecule has 1 heterocycles. The van der Waals surface area contributed by atoms with Crippen molar-refractivity contribution in [1.29, 1.82) is 0 Å². The Kier molecular flexibility index (Phi) is 1.67. The Balaban J connectivity index is 2.35. The Hall–Kier alpha value is -1.57. The van der Waals surface area contributed by atoms with Gasteiger partial charge in [-0.3, -0.25) is 0 Å². The zero-order valence-electron chi connectivity index (χ0n) is 6.86. The summed E-state index contributed by atoms with van der Waals surface area (Å²) in [4.78, 5) is 0. The van der Waals surface area contributed by atoms with Gasteiger partial charge in [-0.15, -0.1) is 0 Å². The van der Waals surface area contributed by atoms with E-state index in [1.807, 2.05) is 0 Å².